The van der Waals surface area contributed by atoms with E-state index in [0.29, 0.717) is 6.61 Å². The van der Waals surface area contributed by atoms with E-state index in [0.717, 1.165) is 12.8 Å². The molecule has 0 saturated carbocycles. The van der Waals surface area contributed by atoms with Crippen LogP contribution >= 0.6 is 0 Å². The van der Waals surface area contributed by atoms with Gasteiger partial charge in [-0.3, -0.25) is 0 Å². The maximum Gasteiger partial charge on any atom is 0.186 e. The number of aliphatic hydroxyl groups is 7. The predicted molar refractivity (Wildman–Crippen MR) is 153 cm³/mol. The summed E-state index contributed by atoms with van der Waals surface area (Å²) in [5, 5.41) is 70.0. The third-order valence-electron chi connectivity index (χ3n) is 8.09. The molecule has 2 saturated heterocycles. The van der Waals surface area contributed by atoms with Crippen molar-refractivity contribution >= 4 is 0 Å². The van der Waals surface area contributed by atoms with Gasteiger partial charge in [-0.15, -0.1) is 0 Å². The maximum absolute atomic E-state index is 10.3. The highest BCUT2D eigenvalue weighted by molar-refractivity contribution is 4.91. The van der Waals surface area contributed by atoms with Gasteiger partial charge in [0, 0.05) is 6.61 Å². The molecule has 2 rings (SSSR count). The fourth-order valence-corrected chi connectivity index (χ4v) is 5.31. The van der Waals surface area contributed by atoms with Gasteiger partial charge >= 0.3 is 0 Å². The predicted octanol–water partition coefficient (Wildman–Crippen LogP) is 1.13. The minimum absolute atomic E-state index is 0.101. The van der Waals surface area contributed by atoms with Gasteiger partial charge in [0.25, 0.3) is 0 Å². The molecule has 2 aliphatic heterocycles. The molecule has 250 valence electrons. The average Bonchev–Trinajstić information content (AvgIpc) is 2.99. The van der Waals surface area contributed by atoms with Gasteiger partial charge in [-0.05, 0) is 6.42 Å². The zero-order valence-electron chi connectivity index (χ0n) is 25.4. The van der Waals surface area contributed by atoms with Crippen molar-refractivity contribution < 1.29 is 59.4 Å². The molecule has 2 aliphatic rings. The van der Waals surface area contributed by atoms with Gasteiger partial charge in [-0.25, -0.2) is 0 Å². The molecule has 2 fully saturated rings. The molecule has 10 atom stereocenters. The molecule has 2 heterocycles. The van der Waals surface area contributed by atoms with E-state index in [1.54, 1.807) is 0 Å². The number of hydrogen-bond donors (Lipinski definition) is 7. The van der Waals surface area contributed by atoms with Crippen molar-refractivity contribution in [1.29, 1.82) is 0 Å². The molecule has 0 aromatic rings. The number of rotatable bonds is 23. The molecule has 0 aliphatic carbocycles. The molecule has 0 spiro atoms. The fourth-order valence-electron chi connectivity index (χ4n) is 5.31. The zero-order chi connectivity index (χ0) is 30.7. The lowest BCUT2D eigenvalue weighted by atomic mass is 9.98. The van der Waals surface area contributed by atoms with Crippen LogP contribution in [-0.4, -0.2) is 130 Å². The third-order valence-corrected chi connectivity index (χ3v) is 8.09. The SMILES string of the molecule is CCCCCCCCCCCCCCCCOCCO[C@H]1O[C@H](CO[C@H]2O[C@H](CO)[C@H](O)[C@H](O)[C@H]2O)[C@@H](O)[C@H](O)[C@H]1O. The highest BCUT2D eigenvalue weighted by Gasteiger charge is 2.47. The average molecular weight is 611 g/mol. The summed E-state index contributed by atoms with van der Waals surface area (Å²) in [6.45, 7) is 2.21. The third kappa shape index (κ3) is 13.3. The van der Waals surface area contributed by atoms with Crippen LogP contribution in [0.5, 0.6) is 0 Å². The zero-order valence-corrected chi connectivity index (χ0v) is 25.4. The summed E-state index contributed by atoms with van der Waals surface area (Å²) in [6, 6.07) is 0. The lowest BCUT2D eigenvalue weighted by Gasteiger charge is -2.42. The van der Waals surface area contributed by atoms with Crippen molar-refractivity contribution in [3.05, 3.63) is 0 Å². The molecule has 0 aromatic heterocycles. The molecule has 0 bridgehead atoms. The second kappa shape index (κ2) is 22.1. The molecule has 12 heteroatoms. The standard InChI is InChI=1S/C30H58O12/c1-2-3-4-5-6-7-8-9-10-11-12-13-14-15-16-38-17-18-39-29-27(36)26(35)24(33)22(42-29)20-40-30-28(37)25(34)23(32)21(19-31)41-30/h21-37H,2-20H2,1H3/t21-,22-,23+,24-,25+,26+,27-,28-,29+,30+/m1/s1. The van der Waals surface area contributed by atoms with E-state index in [1.165, 1.54) is 77.0 Å². The molecule has 0 aromatic carbocycles. The Balaban J connectivity index is 1.52. The minimum Gasteiger partial charge on any atom is -0.394 e. The number of hydrogen-bond acceptors (Lipinski definition) is 12. The first-order chi connectivity index (χ1) is 20.3. The maximum atomic E-state index is 10.3. The van der Waals surface area contributed by atoms with E-state index >= 15 is 0 Å². The summed E-state index contributed by atoms with van der Waals surface area (Å²) >= 11 is 0. The van der Waals surface area contributed by atoms with E-state index in [9.17, 15) is 35.7 Å². The monoisotopic (exact) mass is 610 g/mol. The molecule has 12 nitrogen and oxygen atoms in total. The first kappa shape index (κ1) is 37.7. The van der Waals surface area contributed by atoms with Crippen LogP contribution in [0.1, 0.15) is 96.8 Å². The Kier molecular flexibility index (Phi) is 19.8. The first-order valence-corrected chi connectivity index (χ1v) is 16.1. The highest BCUT2D eigenvalue weighted by atomic mass is 16.7. The Morgan fingerprint density at radius 1 is 0.476 bits per heavy atom. The Morgan fingerprint density at radius 3 is 1.45 bits per heavy atom. The summed E-state index contributed by atoms with van der Waals surface area (Å²) in [4.78, 5) is 0. The van der Waals surface area contributed by atoms with Crippen molar-refractivity contribution in [1.82, 2.24) is 0 Å². The summed E-state index contributed by atoms with van der Waals surface area (Å²) < 4.78 is 27.4. The van der Waals surface area contributed by atoms with Crippen molar-refractivity contribution in [2.45, 2.75) is 158 Å². The van der Waals surface area contributed by atoms with Crippen LogP contribution in [0.2, 0.25) is 0 Å². The van der Waals surface area contributed by atoms with Gasteiger partial charge in [0.1, 0.15) is 48.8 Å². The van der Waals surface area contributed by atoms with Gasteiger partial charge in [-0.2, -0.15) is 0 Å². The summed E-state index contributed by atoms with van der Waals surface area (Å²) in [5.74, 6) is 0. The summed E-state index contributed by atoms with van der Waals surface area (Å²) in [5.41, 5.74) is 0. The van der Waals surface area contributed by atoms with Gasteiger partial charge in [0.15, 0.2) is 12.6 Å². The molecule has 0 amide bonds. The van der Waals surface area contributed by atoms with Crippen LogP contribution in [0.4, 0.5) is 0 Å². The second-order valence-electron chi connectivity index (χ2n) is 11.6. The molecule has 0 radical (unpaired) electrons. The van der Waals surface area contributed by atoms with Crippen molar-refractivity contribution in [3.63, 3.8) is 0 Å². The van der Waals surface area contributed by atoms with Crippen molar-refractivity contribution in [2.75, 3.05) is 33.0 Å². The van der Waals surface area contributed by atoms with E-state index < -0.39 is 74.6 Å². The Bertz CT molecular complexity index is 656. The minimum atomic E-state index is -1.62. The molecular weight excluding hydrogens is 552 g/mol. The first-order valence-electron chi connectivity index (χ1n) is 16.1. The second-order valence-corrected chi connectivity index (χ2v) is 11.6. The van der Waals surface area contributed by atoms with Crippen LogP contribution in [0.15, 0.2) is 0 Å². The quantitative estimate of drug-likeness (QED) is 0.0819. The van der Waals surface area contributed by atoms with Crippen molar-refractivity contribution in [3.8, 4) is 0 Å². The van der Waals surface area contributed by atoms with Gasteiger partial charge in [0.05, 0.1) is 26.4 Å². The van der Waals surface area contributed by atoms with Crippen molar-refractivity contribution in [2.24, 2.45) is 0 Å². The van der Waals surface area contributed by atoms with E-state index in [2.05, 4.69) is 6.92 Å². The highest BCUT2D eigenvalue weighted by Crippen LogP contribution is 2.26. The van der Waals surface area contributed by atoms with E-state index in [-0.39, 0.29) is 13.2 Å². The topological polar surface area (TPSA) is 188 Å². The number of unbranched alkanes of at least 4 members (excludes halogenated alkanes) is 13. The number of ether oxygens (including phenoxy) is 5. The van der Waals surface area contributed by atoms with Gasteiger partial charge < -0.3 is 59.4 Å². The molecule has 42 heavy (non-hydrogen) atoms. The van der Waals surface area contributed by atoms with Crippen LogP contribution < -0.4 is 0 Å². The Hall–Kier alpha value is -0.480. The smallest absolute Gasteiger partial charge is 0.186 e. The summed E-state index contributed by atoms with van der Waals surface area (Å²) in [6.07, 6.45) is 3.68. The van der Waals surface area contributed by atoms with Gasteiger partial charge in [0.2, 0.25) is 0 Å². The van der Waals surface area contributed by atoms with Gasteiger partial charge in [-0.1, -0.05) is 90.4 Å². The molecule has 0 unspecified atom stereocenters. The fraction of sp³-hybridized carbons (Fsp3) is 1.00. The molecular formula is C30H58O12. The Morgan fingerprint density at radius 2 is 0.929 bits per heavy atom. The van der Waals surface area contributed by atoms with Crippen LogP contribution in [0.25, 0.3) is 0 Å². The van der Waals surface area contributed by atoms with E-state index in [1.807, 2.05) is 0 Å². The van der Waals surface area contributed by atoms with Crippen LogP contribution in [-0.2, 0) is 23.7 Å². The lowest BCUT2D eigenvalue weighted by Crippen LogP contribution is -2.61. The lowest BCUT2D eigenvalue weighted by molar-refractivity contribution is -0.331. The largest absolute Gasteiger partial charge is 0.394 e. The normalized spacial score (nSPS) is 33.7. The van der Waals surface area contributed by atoms with E-state index in [4.69, 9.17) is 23.7 Å². The summed E-state index contributed by atoms with van der Waals surface area (Å²) in [7, 11) is 0. The number of aliphatic hydroxyl groups excluding tert-OH is 7. The van der Waals surface area contributed by atoms with Crippen LogP contribution in [0, 0.1) is 0 Å². The molecule has 7 N–H and O–H groups in total. The Labute approximate surface area is 250 Å². The van der Waals surface area contributed by atoms with Crippen LogP contribution in [0.3, 0.4) is 0 Å².